The number of amides is 2. The predicted octanol–water partition coefficient (Wildman–Crippen LogP) is 2.65. The molecule has 0 aliphatic heterocycles. The summed E-state index contributed by atoms with van der Waals surface area (Å²) in [7, 11) is 0. The lowest BCUT2D eigenvalue weighted by molar-refractivity contribution is -0.146. The fourth-order valence-corrected chi connectivity index (χ4v) is 4.89. The minimum atomic E-state index is -1.66. The van der Waals surface area contributed by atoms with E-state index < -0.39 is 23.6 Å². The molecule has 0 radical (unpaired) electrons. The van der Waals surface area contributed by atoms with Crippen LogP contribution in [0.2, 0.25) is 0 Å². The van der Waals surface area contributed by atoms with Gasteiger partial charge in [0.15, 0.2) is 6.10 Å². The zero-order chi connectivity index (χ0) is 23.4. The lowest BCUT2D eigenvalue weighted by Gasteiger charge is -2.28. The van der Waals surface area contributed by atoms with Gasteiger partial charge < -0.3 is 25.6 Å². The molecule has 1 unspecified atom stereocenters. The van der Waals surface area contributed by atoms with Crippen LogP contribution in [0.3, 0.4) is 0 Å². The zero-order valence-electron chi connectivity index (χ0n) is 18.3. The Morgan fingerprint density at radius 2 is 1.55 bits per heavy atom. The Balaban J connectivity index is 1.35. The Labute approximate surface area is 192 Å². The van der Waals surface area contributed by atoms with Gasteiger partial charge in [0.25, 0.3) is 0 Å². The monoisotopic (exact) mass is 452 g/mol. The maximum atomic E-state index is 12.7. The molecule has 1 fully saturated rings. The molecule has 0 saturated heterocycles. The molecule has 0 bridgehead atoms. The third-order valence-corrected chi connectivity index (χ3v) is 6.70. The zero-order valence-corrected chi connectivity index (χ0v) is 18.3. The Morgan fingerprint density at radius 3 is 2.12 bits per heavy atom. The summed E-state index contributed by atoms with van der Waals surface area (Å²) in [6.07, 6.45) is 0.559. The number of benzene rings is 2. The van der Waals surface area contributed by atoms with Gasteiger partial charge in [0, 0.05) is 12.5 Å². The quantitative estimate of drug-likeness (QED) is 0.488. The van der Waals surface area contributed by atoms with Crippen LogP contribution in [0.5, 0.6) is 0 Å². The Kier molecular flexibility index (Phi) is 6.65. The number of carbonyl (C=O) groups is 3. The first-order valence-corrected chi connectivity index (χ1v) is 11.2. The highest BCUT2D eigenvalue weighted by atomic mass is 16.5. The standard InChI is InChI=1S/C25H28N2O6/c28-21(22(29)30)13-26-23(31)25(11-5-6-12-25)15-27-24(32)33-14-20-18-9-3-1-7-16(18)17-8-2-4-10-19(17)20/h1-4,7-10,20-21,28H,5-6,11-15H2,(H,26,31)(H,27,32)(H,29,30). The molecule has 1 atom stereocenters. The van der Waals surface area contributed by atoms with Crippen molar-refractivity contribution in [2.75, 3.05) is 19.7 Å². The van der Waals surface area contributed by atoms with Crippen molar-refractivity contribution in [1.29, 1.82) is 0 Å². The summed E-state index contributed by atoms with van der Waals surface area (Å²) in [5.74, 6) is -1.81. The molecule has 174 valence electrons. The van der Waals surface area contributed by atoms with E-state index in [1.807, 2.05) is 36.4 Å². The molecular weight excluding hydrogens is 424 g/mol. The minimum absolute atomic E-state index is 0.0515. The molecule has 0 aromatic heterocycles. The van der Waals surface area contributed by atoms with E-state index in [2.05, 4.69) is 22.8 Å². The van der Waals surface area contributed by atoms with Gasteiger partial charge >= 0.3 is 12.1 Å². The average Bonchev–Trinajstić information content (AvgIpc) is 3.43. The van der Waals surface area contributed by atoms with Crippen LogP contribution in [-0.2, 0) is 14.3 Å². The summed E-state index contributed by atoms with van der Waals surface area (Å²) in [4.78, 5) is 36.0. The maximum Gasteiger partial charge on any atom is 0.407 e. The molecule has 4 N–H and O–H groups in total. The summed E-state index contributed by atoms with van der Waals surface area (Å²) < 4.78 is 5.55. The molecule has 2 aliphatic carbocycles. The third kappa shape index (κ3) is 4.71. The fourth-order valence-electron chi connectivity index (χ4n) is 4.89. The van der Waals surface area contributed by atoms with Crippen LogP contribution in [0.25, 0.3) is 11.1 Å². The van der Waals surface area contributed by atoms with Crippen molar-refractivity contribution < 1.29 is 29.3 Å². The number of aliphatic hydroxyl groups excluding tert-OH is 1. The van der Waals surface area contributed by atoms with Gasteiger partial charge in [-0.25, -0.2) is 9.59 Å². The summed E-state index contributed by atoms with van der Waals surface area (Å²) in [5.41, 5.74) is 3.70. The molecule has 0 heterocycles. The summed E-state index contributed by atoms with van der Waals surface area (Å²) in [5, 5.41) is 23.5. The largest absolute Gasteiger partial charge is 0.479 e. The number of rotatable bonds is 8. The number of alkyl carbamates (subject to hydrolysis) is 1. The SMILES string of the molecule is O=C(NCC1(C(=O)NCC(O)C(=O)O)CCCC1)OCC1c2ccccc2-c2ccccc21. The van der Waals surface area contributed by atoms with Gasteiger partial charge in [-0.1, -0.05) is 61.4 Å². The van der Waals surface area contributed by atoms with Crippen LogP contribution in [0.15, 0.2) is 48.5 Å². The first kappa shape index (κ1) is 22.8. The summed E-state index contributed by atoms with van der Waals surface area (Å²) in [6.45, 7) is -0.0939. The van der Waals surface area contributed by atoms with E-state index in [-0.39, 0.29) is 31.5 Å². The summed E-state index contributed by atoms with van der Waals surface area (Å²) >= 11 is 0. The molecule has 1 saturated carbocycles. The smallest absolute Gasteiger partial charge is 0.407 e. The van der Waals surface area contributed by atoms with Gasteiger partial charge in [-0.15, -0.1) is 0 Å². The van der Waals surface area contributed by atoms with Crippen molar-refractivity contribution in [2.45, 2.75) is 37.7 Å². The number of fused-ring (bicyclic) bond motifs is 3. The van der Waals surface area contributed by atoms with Crippen LogP contribution in [0.1, 0.15) is 42.7 Å². The van der Waals surface area contributed by atoms with Gasteiger partial charge in [-0.3, -0.25) is 4.79 Å². The van der Waals surface area contributed by atoms with Gasteiger partial charge in [0.1, 0.15) is 6.61 Å². The minimum Gasteiger partial charge on any atom is -0.479 e. The second-order valence-electron chi connectivity index (χ2n) is 8.73. The van der Waals surface area contributed by atoms with Crippen LogP contribution >= 0.6 is 0 Å². The van der Waals surface area contributed by atoms with Crippen LogP contribution in [-0.4, -0.2) is 54.0 Å². The van der Waals surface area contributed by atoms with Gasteiger partial charge in [0.2, 0.25) is 5.91 Å². The number of aliphatic carboxylic acids is 1. The Morgan fingerprint density at radius 1 is 0.970 bits per heavy atom. The van der Waals surface area contributed by atoms with E-state index in [4.69, 9.17) is 9.84 Å². The second-order valence-corrected chi connectivity index (χ2v) is 8.73. The first-order valence-electron chi connectivity index (χ1n) is 11.2. The maximum absolute atomic E-state index is 12.7. The van der Waals surface area contributed by atoms with Crippen molar-refractivity contribution in [3.63, 3.8) is 0 Å². The highest BCUT2D eigenvalue weighted by Gasteiger charge is 2.41. The van der Waals surface area contributed by atoms with Crippen LogP contribution < -0.4 is 10.6 Å². The van der Waals surface area contributed by atoms with Gasteiger partial charge in [-0.05, 0) is 35.1 Å². The molecule has 4 rings (SSSR count). The van der Waals surface area contributed by atoms with E-state index in [0.29, 0.717) is 12.8 Å². The highest BCUT2D eigenvalue weighted by Crippen LogP contribution is 2.44. The topological polar surface area (TPSA) is 125 Å². The average molecular weight is 453 g/mol. The van der Waals surface area contributed by atoms with Crippen LogP contribution in [0, 0.1) is 5.41 Å². The second kappa shape index (κ2) is 9.62. The van der Waals surface area contributed by atoms with E-state index >= 15 is 0 Å². The molecule has 0 spiro atoms. The van der Waals surface area contributed by atoms with Crippen molar-refractivity contribution in [3.05, 3.63) is 59.7 Å². The van der Waals surface area contributed by atoms with Crippen molar-refractivity contribution in [1.82, 2.24) is 10.6 Å². The number of carbonyl (C=O) groups excluding carboxylic acids is 2. The number of hydrogen-bond donors (Lipinski definition) is 4. The molecule has 33 heavy (non-hydrogen) atoms. The summed E-state index contributed by atoms with van der Waals surface area (Å²) in [6, 6.07) is 16.2. The van der Waals surface area contributed by atoms with E-state index in [1.54, 1.807) is 0 Å². The predicted molar refractivity (Wildman–Crippen MR) is 121 cm³/mol. The molecule has 8 nitrogen and oxygen atoms in total. The normalized spacial score (nSPS) is 17.0. The molecular formula is C25H28N2O6. The number of carboxylic acids is 1. The number of carboxylic acid groups (broad SMARTS) is 1. The Hall–Kier alpha value is -3.39. The molecule has 2 aliphatic rings. The number of aliphatic hydroxyl groups is 1. The number of nitrogens with one attached hydrogen (secondary N) is 2. The number of ether oxygens (including phenoxy) is 1. The molecule has 2 amide bonds. The first-order chi connectivity index (χ1) is 15.9. The van der Waals surface area contributed by atoms with Gasteiger partial charge in [-0.2, -0.15) is 0 Å². The van der Waals surface area contributed by atoms with Crippen molar-refractivity contribution in [3.8, 4) is 11.1 Å². The molecule has 8 heteroatoms. The van der Waals surface area contributed by atoms with E-state index in [1.165, 1.54) is 0 Å². The van der Waals surface area contributed by atoms with Gasteiger partial charge in [0.05, 0.1) is 12.0 Å². The van der Waals surface area contributed by atoms with E-state index in [9.17, 15) is 19.5 Å². The lowest BCUT2D eigenvalue weighted by Crippen LogP contribution is -2.49. The highest BCUT2D eigenvalue weighted by molar-refractivity contribution is 5.84. The number of hydrogen-bond acceptors (Lipinski definition) is 5. The van der Waals surface area contributed by atoms with Crippen LogP contribution in [0.4, 0.5) is 4.79 Å². The third-order valence-electron chi connectivity index (χ3n) is 6.70. The molecule has 2 aromatic carbocycles. The van der Waals surface area contributed by atoms with Crippen molar-refractivity contribution in [2.24, 2.45) is 5.41 Å². The molecule has 2 aromatic rings. The van der Waals surface area contributed by atoms with E-state index in [0.717, 1.165) is 35.1 Å². The fraction of sp³-hybridized carbons (Fsp3) is 0.400. The lowest BCUT2D eigenvalue weighted by atomic mass is 9.85. The van der Waals surface area contributed by atoms with Crippen molar-refractivity contribution >= 4 is 18.0 Å². The Bertz CT molecular complexity index is 1000.